The zero-order valence-corrected chi connectivity index (χ0v) is 89.3. The predicted octanol–water partition coefficient (Wildman–Crippen LogP) is 19.4. The molecule has 14 nitrogen and oxygen atoms in total. The van der Waals surface area contributed by atoms with Gasteiger partial charge >= 0.3 is 144 Å². The molecule has 3 N–H and O–H groups in total. The maximum atomic E-state index is 11.7. The number of hydrogen-bond donors (Lipinski definition) is 2. The number of carboxylic acid groups (broad SMARTS) is 1. The van der Waals surface area contributed by atoms with Gasteiger partial charge < -0.3 is 55.1 Å². The maximum absolute atomic E-state index is 11.7. The molecule has 0 heterocycles. The molecule has 0 radical (unpaired) electrons. The first-order chi connectivity index (χ1) is 54.2. The summed E-state index contributed by atoms with van der Waals surface area (Å²) in [5.41, 5.74) is 5.99. The van der Waals surface area contributed by atoms with Crippen LogP contribution in [0.4, 0.5) is 0 Å². The number of rotatable bonds is 44. The minimum Gasteiger partial charge on any atom is -1.00 e. The van der Waals surface area contributed by atoms with Crippen LogP contribution in [-0.4, -0.2) is 95.7 Å². The molecule has 0 aliphatic rings. The number of aliphatic carboxylic acids is 1. The van der Waals surface area contributed by atoms with Gasteiger partial charge in [-0.1, -0.05) is 289 Å². The first-order valence-corrected chi connectivity index (χ1v) is 48.6. The number of alkyl halides is 1. The van der Waals surface area contributed by atoms with E-state index in [1.165, 1.54) is 107 Å². The Labute approximate surface area is 839 Å². The van der Waals surface area contributed by atoms with Gasteiger partial charge in [0.2, 0.25) is 0 Å². The Morgan fingerprint density at radius 1 is 0.410 bits per heavy atom. The van der Waals surface area contributed by atoms with E-state index >= 15 is 0 Å². The second-order valence-electron chi connectivity index (χ2n) is 30.8. The Hall–Kier alpha value is -2.12. The van der Waals surface area contributed by atoms with Gasteiger partial charge in [-0.3, -0.25) is 4.79 Å². The summed E-state index contributed by atoms with van der Waals surface area (Å²) in [6.07, 6.45) is 30.2. The molecular formula is C95H138Br3K2NaO14Si2. The van der Waals surface area contributed by atoms with Crippen molar-refractivity contribution in [2.45, 2.75) is 266 Å². The number of esters is 1. The van der Waals surface area contributed by atoms with Gasteiger partial charge in [0.25, 0.3) is 6.47 Å². The SMILES string of the molecule is CC(C)[Si](OCCCCCCBr)(C(C)C)C(C)C.CC(C)[Si](OCCCCCCOc1ccc2cc(Br)ccc2c1)(C(C)C)C(C)C.CCCCCCCOc1ccc2cc(/C=C/C(=O)O)ccc2c1.CCCCCCCOc1ccc2cc(/C=C/C(=O)OCCCC)ccc2c1.O=CO[O-].Oc1ccc2cc(Br)ccc2c1.[H-].[K+].[K+].[Na+].[OH-]. The molecule has 0 aliphatic carbocycles. The third-order valence-corrected chi connectivity index (χ3v) is 34.1. The molecule has 8 aromatic rings. The van der Waals surface area contributed by atoms with Gasteiger partial charge in [-0.25, -0.2) is 9.59 Å². The third-order valence-electron chi connectivity index (χ3n) is 20.3. The second kappa shape index (κ2) is 69.1. The zero-order valence-electron chi connectivity index (χ0n) is 75.3. The summed E-state index contributed by atoms with van der Waals surface area (Å²) in [5, 5.41) is 36.5. The van der Waals surface area contributed by atoms with E-state index in [2.05, 4.69) is 217 Å². The Balaban J connectivity index is -0.00000140. The smallest absolute Gasteiger partial charge is 1.00 e. The molecule has 22 heteroatoms. The van der Waals surface area contributed by atoms with Crippen LogP contribution in [0, 0.1) is 0 Å². The normalized spacial score (nSPS) is 11.1. The Morgan fingerprint density at radius 3 is 1.05 bits per heavy atom. The average Bonchev–Trinajstić information content (AvgIpc) is 0.814. The number of carbonyl (C=O) groups excluding carboxylic acids is 2. The standard InChI is InChI=1S/C25H39BrO2Si.C24H32O3.C20H24O3.C15H33BrOSi.C10H7BrO.CH2O3.2K.Na.H2O.H/c1-19(2)29(20(3)4,21(5)6)28-16-10-8-7-9-15-27-25-14-12-22-17-24(26)13-11-23(22)18-25;1-3-5-7-8-9-17-26-23-14-13-21-18-20(10-12-22(21)19-23)11-15-24(25)27-16-6-4-2;1-2-3-4-5-6-13-23-19-11-10-17-14-16(8-12-20(21)22)7-9-18(17)15-19;1-13(2)18(14(3)4,15(5)6)17-12-10-8-7-9-11-16;11-9-3-1-8-6-10(12)4-2-7(8)5-9;2-1-4-3;;;;;/h11-14,17-21H,7-10,15-16H2,1-6H3;10-15,18-19H,3-9,16-17H2,1-2H3;7-12,14-15H,2-6,13H2,1H3,(H,21,22);13-15H,7-12H2,1-6H3;1-6,12H;1,3H;;;;1H2;/q;;;;;;3*+1;;-1/p-2/b;15-11+;12-8+;;;;;;;;. The van der Waals surface area contributed by atoms with Crippen molar-refractivity contribution in [1.29, 1.82) is 0 Å². The van der Waals surface area contributed by atoms with E-state index in [9.17, 15) is 14.7 Å². The van der Waals surface area contributed by atoms with E-state index in [4.69, 9.17) is 43.0 Å². The van der Waals surface area contributed by atoms with Crippen LogP contribution in [0.2, 0.25) is 33.2 Å². The summed E-state index contributed by atoms with van der Waals surface area (Å²) in [4.78, 5) is 33.5. The Bertz CT molecular complexity index is 3960. The number of phenolic OH excluding ortho intramolecular Hbond substituents is 1. The molecular weight excluding hydrogens is 1760 g/mol. The summed E-state index contributed by atoms with van der Waals surface area (Å²) in [5.74, 6) is 1.86. The van der Waals surface area contributed by atoms with Crippen molar-refractivity contribution in [3.8, 4) is 23.0 Å². The van der Waals surface area contributed by atoms with Crippen molar-refractivity contribution in [3.05, 3.63) is 178 Å². The van der Waals surface area contributed by atoms with Crippen molar-refractivity contribution < 1.29 is 202 Å². The van der Waals surface area contributed by atoms with Crippen LogP contribution >= 0.6 is 47.8 Å². The number of fused-ring (bicyclic) bond motifs is 4. The molecule has 0 saturated carbocycles. The third kappa shape index (κ3) is 46.6. The van der Waals surface area contributed by atoms with Gasteiger partial charge in [0, 0.05) is 39.6 Å². The second-order valence-corrected chi connectivity index (χ2v) is 44.4. The van der Waals surface area contributed by atoms with Gasteiger partial charge in [0.05, 0.1) is 26.4 Å². The van der Waals surface area contributed by atoms with Crippen LogP contribution in [-0.2, 0) is 32.9 Å². The molecule has 0 saturated heterocycles. The molecule has 117 heavy (non-hydrogen) atoms. The van der Waals surface area contributed by atoms with Crippen LogP contribution in [0.25, 0.3) is 55.2 Å². The summed E-state index contributed by atoms with van der Waals surface area (Å²) in [6.45, 7) is 39.3. The van der Waals surface area contributed by atoms with Gasteiger partial charge in [0.1, 0.15) is 23.0 Å². The first kappa shape index (κ1) is 117. The predicted molar refractivity (Wildman–Crippen MR) is 493 cm³/mol. The van der Waals surface area contributed by atoms with E-state index in [0.29, 0.717) is 45.6 Å². The van der Waals surface area contributed by atoms with E-state index in [1.54, 1.807) is 24.3 Å². The number of carboxylic acids is 1. The molecule has 0 atom stereocenters. The van der Waals surface area contributed by atoms with E-state index in [0.717, 1.165) is 153 Å². The molecule has 0 bridgehead atoms. The number of ether oxygens (including phenoxy) is 4. The minimum atomic E-state index is -1.70. The first-order valence-electron chi connectivity index (χ1n) is 41.6. The largest absolute Gasteiger partial charge is 1.00 e. The van der Waals surface area contributed by atoms with Crippen molar-refractivity contribution >= 4 is 138 Å². The van der Waals surface area contributed by atoms with Crippen molar-refractivity contribution in [2.24, 2.45) is 0 Å². The number of benzene rings is 8. The molecule has 0 unspecified atom stereocenters. The molecule has 0 fully saturated rings. The topological polar surface area (TPSA) is 209 Å². The van der Waals surface area contributed by atoms with Gasteiger partial charge in [0.15, 0.2) is 16.6 Å². The monoisotopic (exact) mass is 1900 g/mol. The Morgan fingerprint density at radius 2 is 0.709 bits per heavy atom. The van der Waals surface area contributed by atoms with Gasteiger partial charge in [-0.05, 0) is 236 Å². The van der Waals surface area contributed by atoms with Crippen LogP contribution < -0.4 is 152 Å². The van der Waals surface area contributed by atoms with E-state index in [1.807, 2.05) is 72.8 Å². The van der Waals surface area contributed by atoms with Crippen molar-refractivity contribution in [2.75, 3.05) is 45.0 Å². The minimum absolute atomic E-state index is 0. The fourth-order valence-electron chi connectivity index (χ4n) is 14.6. The molecule has 0 amide bonds. The zero-order chi connectivity index (χ0) is 83.4. The van der Waals surface area contributed by atoms with E-state index in [-0.39, 0.29) is 152 Å². The van der Waals surface area contributed by atoms with Crippen LogP contribution in [0.1, 0.15) is 245 Å². The number of carbonyl (C=O) groups is 3. The number of hydrogen-bond acceptors (Lipinski definition) is 13. The molecule has 8 rings (SSSR count). The fourth-order valence-corrected chi connectivity index (χ4v) is 26.8. The molecule has 0 spiro atoms. The fraction of sp³-hybridized carbons (Fsp3) is 0.505. The maximum Gasteiger partial charge on any atom is 1.00 e. The van der Waals surface area contributed by atoms with Gasteiger partial charge in [-0.15, -0.1) is 0 Å². The molecule has 8 aromatic carbocycles. The number of halogens is 3. The number of phenols is 1. The molecule has 0 aromatic heterocycles. The number of unbranched alkanes of at least 4 members (excludes halogenated alkanes) is 15. The van der Waals surface area contributed by atoms with Crippen LogP contribution in [0.3, 0.4) is 0 Å². The van der Waals surface area contributed by atoms with Crippen molar-refractivity contribution in [3.63, 3.8) is 0 Å². The van der Waals surface area contributed by atoms with E-state index < -0.39 is 22.6 Å². The van der Waals surface area contributed by atoms with Gasteiger partial charge in [-0.2, -0.15) is 0 Å². The van der Waals surface area contributed by atoms with Crippen molar-refractivity contribution in [1.82, 2.24) is 0 Å². The Kier molecular flexibility index (Phi) is 69.1. The van der Waals surface area contributed by atoms with Crippen LogP contribution in [0.5, 0.6) is 23.0 Å². The quantitative estimate of drug-likeness (QED) is 0.00532. The summed E-state index contributed by atoms with van der Waals surface area (Å²) in [6, 6.07) is 48.1. The molecule has 634 valence electrons. The summed E-state index contributed by atoms with van der Waals surface area (Å²) in [7, 11) is -3.31. The summed E-state index contributed by atoms with van der Waals surface area (Å²) < 4.78 is 38.1. The molecule has 0 aliphatic heterocycles. The summed E-state index contributed by atoms with van der Waals surface area (Å²) >= 11 is 10.4. The average molecular weight is 1900 g/mol. The van der Waals surface area contributed by atoms with Crippen LogP contribution in [0.15, 0.2) is 167 Å². The number of aromatic hydroxyl groups is 1.